The van der Waals surface area contributed by atoms with Crippen molar-refractivity contribution in [3.8, 4) is 6.07 Å². The predicted molar refractivity (Wildman–Crippen MR) is 58.6 cm³/mol. The highest BCUT2D eigenvalue weighted by Crippen LogP contribution is 2.21. The van der Waals surface area contributed by atoms with Gasteiger partial charge in [-0.05, 0) is 5.56 Å². The quantitative estimate of drug-likeness (QED) is 0.763. The smallest absolute Gasteiger partial charge is 0.154 e. The summed E-state index contributed by atoms with van der Waals surface area (Å²) < 4.78 is 5.39. The molecule has 0 bridgehead atoms. The van der Waals surface area contributed by atoms with Crippen LogP contribution in [0.1, 0.15) is 11.6 Å². The lowest BCUT2D eigenvalue weighted by Crippen LogP contribution is -2.57. The maximum atomic E-state index is 9.24. The van der Waals surface area contributed by atoms with E-state index in [1.54, 1.807) is 0 Å². The van der Waals surface area contributed by atoms with Gasteiger partial charge >= 0.3 is 0 Å². The van der Waals surface area contributed by atoms with Crippen LogP contribution < -0.4 is 5.32 Å². The topological polar surface area (TPSA) is 65.3 Å². The zero-order valence-corrected chi connectivity index (χ0v) is 8.89. The van der Waals surface area contributed by atoms with Crippen molar-refractivity contribution in [2.75, 3.05) is 19.8 Å². The van der Waals surface area contributed by atoms with Gasteiger partial charge in [0, 0.05) is 0 Å². The zero-order chi connectivity index (χ0) is 11.4. The van der Waals surface area contributed by atoms with Gasteiger partial charge in [-0.15, -0.1) is 0 Å². The molecule has 1 aromatic carbocycles. The van der Waals surface area contributed by atoms with Crippen LogP contribution in [-0.2, 0) is 4.74 Å². The molecule has 0 saturated carbocycles. The largest absolute Gasteiger partial charge is 0.393 e. The molecule has 84 valence electrons. The predicted octanol–water partition coefficient (Wildman–Crippen LogP) is 0.602. The fraction of sp³-hybridized carbons (Fsp3) is 0.417. The first-order valence-electron chi connectivity index (χ1n) is 5.22. The zero-order valence-electron chi connectivity index (χ0n) is 8.89. The molecule has 0 unspecified atom stereocenters. The Morgan fingerprint density at radius 2 is 2.25 bits per heavy atom. The van der Waals surface area contributed by atoms with E-state index in [4.69, 9.17) is 10.00 Å². The first-order valence-corrected chi connectivity index (χ1v) is 5.22. The van der Waals surface area contributed by atoms with E-state index >= 15 is 0 Å². The summed E-state index contributed by atoms with van der Waals surface area (Å²) in [6, 6.07) is 11.8. The minimum absolute atomic E-state index is 0.0400. The third-order valence-electron chi connectivity index (χ3n) is 2.77. The Morgan fingerprint density at radius 3 is 2.88 bits per heavy atom. The Labute approximate surface area is 94.5 Å². The summed E-state index contributed by atoms with van der Waals surface area (Å²) in [5.41, 5.74) is 0.0916. The van der Waals surface area contributed by atoms with E-state index in [9.17, 15) is 5.11 Å². The van der Waals surface area contributed by atoms with Crippen LogP contribution in [-0.4, -0.2) is 30.5 Å². The van der Waals surface area contributed by atoms with Crippen molar-refractivity contribution in [3.63, 3.8) is 0 Å². The number of aliphatic hydroxyl groups is 1. The highest BCUT2D eigenvalue weighted by Gasteiger charge is 2.36. The monoisotopic (exact) mass is 218 g/mol. The van der Waals surface area contributed by atoms with Crippen LogP contribution in [0.2, 0.25) is 0 Å². The summed E-state index contributed by atoms with van der Waals surface area (Å²) in [4.78, 5) is 0. The van der Waals surface area contributed by atoms with E-state index in [1.807, 2.05) is 30.3 Å². The average Bonchev–Trinajstić information content (AvgIpc) is 2.40. The van der Waals surface area contributed by atoms with E-state index in [-0.39, 0.29) is 19.3 Å². The van der Waals surface area contributed by atoms with Crippen molar-refractivity contribution in [3.05, 3.63) is 35.9 Å². The summed E-state index contributed by atoms with van der Waals surface area (Å²) in [6.07, 6.45) is 0. The Morgan fingerprint density at radius 1 is 1.50 bits per heavy atom. The third-order valence-corrected chi connectivity index (χ3v) is 2.77. The van der Waals surface area contributed by atoms with Crippen molar-refractivity contribution in [1.29, 1.82) is 5.26 Å². The molecule has 0 radical (unpaired) electrons. The number of nitrogens with one attached hydrogen (secondary N) is 1. The number of hydrogen-bond donors (Lipinski definition) is 2. The van der Waals surface area contributed by atoms with E-state index in [0.29, 0.717) is 6.61 Å². The van der Waals surface area contributed by atoms with Gasteiger partial charge in [-0.2, -0.15) is 5.26 Å². The van der Waals surface area contributed by atoms with Gasteiger partial charge < -0.3 is 9.84 Å². The summed E-state index contributed by atoms with van der Waals surface area (Å²) in [5, 5.41) is 21.4. The van der Waals surface area contributed by atoms with Crippen LogP contribution in [0, 0.1) is 11.3 Å². The van der Waals surface area contributed by atoms with Gasteiger partial charge in [-0.25, -0.2) is 0 Å². The molecular formula is C12H14N2O2. The normalized spacial score (nSPS) is 29.6. The summed E-state index contributed by atoms with van der Waals surface area (Å²) in [6.45, 7) is 0.504. The lowest BCUT2D eigenvalue weighted by molar-refractivity contribution is -0.00185. The molecule has 4 heteroatoms. The van der Waals surface area contributed by atoms with Crippen molar-refractivity contribution in [2.24, 2.45) is 0 Å². The Bertz CT molecular complexity index is 388. The molecular weight excluding hydrogens is 204 g/mol. The standard InChI is InChI=1S/C12H14N2O2/c13-7-12(8-15)9-16-6-11(14-12)10-4-2-1-3-5-10/h1-5,11,14-15H,6,8-9H2/t11-,12-/m1/s1. The number of nitriles is 1. The molecule has 1 fully saturated rings. The maximum absolute atomic E-state index is 9.24. The van der Waals surface area contributed by atoms with E-state index in [0.717, 1.165) is 5.56 Å². The lowest BCUT2D eigenvalue weighted by atomic mass is 9.97. The van der Waals surface area contributed by atoms with Crippen LogP contribution in [0.4, 0.5) is 0 Å². The third kappa shape index (κ3) is 2.07. The molecule has 0 aromatic heterocycles. The molecule has 2 atom stereocenters. The number of ether oxygens (including phenoxy) is 1. The molecule has 2 rings (SSSR count). The Balaban J connectivity index is 2.17. The SMILES string of the molecule is N#C[C@@]1(CO)COC[C@H](c2ccccc2)N1. The Kier molecular flexibility index (Phi) is 3.20. The second-order valence-corrected chi connectivity index (χ2v) is 3.97. The van der Waals surface area contributed by atoms with Gasteiger partial charge in [0.25, 0.3) is 0 Å². The van der Waals surface area contributed by atoms with Crippen molar-refractivity contribution >= 4 is 0 Å². The number of hydrogen-bond acceptors (Lipinski definition) is 4. The molecule has 1 saturated heterocycles. The van der Waals surface area contributed by atoms with E-state index in [2.05, 4.69) is 11.4 Å². The first-order chi connectivity index (χ1) is 7.79. The second kappa shape index (κ2) is 4.62. The van der Waals surface area contributed by atoms with Gasteiger partial charge in [0.15, 0.2) is 5.54 Å². The van der Waals surface area contributed by atoms with Crippen LogP contribution in [0.3, 0.4) is 0 Å². The number of morpholine rings is 1. The molecule has 2 N–H and O–H groups in total. The Hall–Kier alpha value is -1.41. The molecule has 0 amide bonds. The fourth-order valence-corrected chi connectivity index (χ4v) is 1.82. The number of aliphatic hydroxyl groups excluding tert-OH is 1. The van der Waals surface area contributed by atoms with Crippen LogP contribution in [0.5, 0.6) is 0 Å². The summed E-state index contributed by atoms with van der Waals surface area (Å²) in [5.74, 6) is 0. The molecule has 16 heavy (non-hydrogen) atoms. The lowest BCUT2D eigenvalue weighted by Gasteiger charge is -2.36. The van der Waals surface area contributed by atoms with E-state index in [1.165, 1.54) is 0 Å². The van der Waals surface area contributed by atoms with Crippen LogP contribution in [0.15, 0.2) is 30.3 Å². The minimum atomic E-state index is -0.973. The van der Waals surface area contributed by atoms with E-state index < -0.39 is 5.54 Å². The van der Waals surface area contributed by atoms with Gasteiger partial charge in [-0.1, -0.05) is 30.3 Å². The van der Waals surface area contributed by atoms with Crippen molar-refractivity contribution in [1.82, 2.24) is 5.32 Å². The van der Waals surface area contributed by atoms with Gasteiger partial charge in [0.05, 0.1) is 31.9 Å². The fourth-order valence-electron chi connectivity index (χ4n) is 1.82. The van der Waals surface area contributed by atoms with Crippen LogP contribution >= 0.6 is 0 Å². The average molecular weight is 218 g/mol. The minimum Gasteiger partial charge on any atom is -0.393 e. The van der Waals surface area contributed by atoms with Gasteiger partial charge in [-0.3, -0.25) is 5.32 Å². The summed E-state index contributed by atoms with van der Waals surface area (Å²) in [7, 11) is 0. The molecule has 1 aliphatic heterocycles. The van der Waals surface area contributed by atoms with Crippen molar-refractivity contribution < 1.29 is 9.84 Å². The molecule has 1 aliphatic rings. The maximum Gasteiger partial charge on any atom is 0.154 e. The number of benzene rings is 1. The van der Waals surface area contributed by atoms with Crippen LogP contribution in [0.25, 0.3) is 0 Å². The highest BCUT2D eigenvalue weighted by atomic mass is 16.5. The first kappa shape index (κ1) is 11.1. The van der Waals surface area contributed by atoms with Gasteiger partial charge in [0.2, 0.25) is 0 Å². The number of nitrogens with zero attached hydrogens (tertiary/aromatic N) is 1. The molecule has 1 heterocycles. The second-order valence-electron chi connectivity index (χ2n) is 3.97. The molecule has 4 nitrogen and oxygen atoms in total. The van der Waals surface area contributed by atoms with Gasteiger partial charge in [0.1, 0.15) is 0 Å². The number of rotatable bonds is 2. The molecule has 0 aliphatic carbocycles. The summed E-state index contributed by atoms with van der Waals surface area (Å²) >= 11 is 0. The molecule has 0 spiro atoms. The highest BCUT2D eigenvalue weighted by molar-refractivity contribution is 5.22. The van der Waals surface area contributed by atoms with Crippen molar-refractivity contribution in [2.45, 2.75) is 11.6 Å². The molecule has 1 aromatic rings.